The molecule has 3 aromatic carbocycles. The van der Waals surface area contributed by atoms with E-state index in [-0.39, 0.29) is 27.6 Å². The average molecular weight is 475 g/mol. The number of ether oxygens (including phenoxy) is 1. The summed E-state index contributed by atoms with van der Waals surface area (Å²) in [5, 5.41) is 0. The van der Waals surface area contributed by atoms with Crippen LogP contribution in [0.25, 0.3) is 0 Å². The molecule has 168 valence electrons. The van der Waals surface area contributed by atoms with E-state index in [2.05, 4.69) is 9.46 Å². The van der Waals surface area contributed by atoms with Gasteiger partial charge in [0.2, 0.25) is 10.0 Å². The summed E-state index contributed by atoms with van der Waals surface area (Å²) in [6.45, 7) is 0.207. The van der Waals surface area contributed by atoms with Crippen LogP contribution in [-0.4, -0.2) is 41.3 Å². The van der Waals surface area contributed by atoms with Gasteiger partial charge in [0, 0.05) is 19.3 Å². The van der Waals surface area contributed by atoms with Crippen LogP contribution in [0.2, 0.25) is 0 Å². The smallest absolute Gasteiger partial charge is 0.337 e. The molecular formula is C22H22N2O6S2. The normalized spacial score (nSPS) is 11.8. The zero-order valence-electron chi connectivity index (χ0n) is 17.4. The van der Waals surface area contributed by atoms with Crippen molar-refractivity contribution in [3.8, 4) is 0 Å². The minimum absolute atomic E-state index is 0.0429. The Morgan fingerprint density at radius 3 is 1.97 bits per heavy atom. The van der Waals surface area contributed by atoms with E-state index < -0.39 is 26.0 Å². The highest BCUT2D eigenvalue weighted by Gasteiger charge is 2.21. The van der Waals surface area contributed by atoms with Crippen LogP contribution in [0.3, 0.4) is 0 Å². The Kier molecular flexibility index (Phi) is 6.97. The molecule has 0 aliphatic carbocycles. The second-order valence-corrected chi connectivity index (χ2v) is 10.6. The van der Waals surface area contributed by atoms with E-state index in [4.69, 9.17) is 0 Å². The number of hydrogen-bond donors (Lipinski definition) is 1. The number of esters is 1. The number of methoxy groups -OCH3 is 1. The van der Waals surface area contributed by atoms with Crippen molar-refractivity contribution in [3.05, 3.63) is 90.0 Å². The summed E-state index contributed by atoms with van der Waals surface area (Å²) in [5.41, 5.74) is 1.27. The molecular weight excluding hydrogens is 452 g/mol. The first-order valence-electron chi connectivity index (χ1n) is 9.45. The molecule has 0 aromatic heterocycles. The van der Waals surface area contributed by atoms with Gasteiger partial charge in [-0.2, -0.15) is 4.31 Å². The monoisotopic (exact) mass is 474 g/mol. The lowest BCUT2D eigenvalue weighted by molar-refractivity contribution is 0.0600. The van der Waals surface area contributed by atoms with Crippen LogP contribution >= 0.6 is 0 Å². The van der Waals surface area contributed by atoms with E-state index in [0.717, 1.165) is 5.56 Å². The third-order valence-electron chi connectivity index (χ3n) is 4.65. The lowest BCUT2D eigenvalue weighted by atomic mass is 10.2. The van der Waals surface area contributed by atoms with Gasteiger partial charge < -0.3 is 4.74 Å². The lowest BCUT2D eigenvalue weighted by Gasteiger charge is -2.17. The molecule has 32 heavy (non-hydrogen) atoms. The number of carbonyl (C=O) groups excluding carboxylic acids is 1. The zero-order valence-corrected chi connectivity index (χ0v) is 19.1. The SMILES string of the molecule is COC(=O)c1ccc(S(=O)(=O)Nc2ccc(S(=O)(=O)N(C)Cc3ccccc3)cc2)cc1. The molecule has 1 N–H and O–H groups in total. The van der Waals surface area contributed by atoms with Gasteiger partial charge in [-0.15, -0.1) is 0 Å². The summed E-state index contributed by atoms with van der Waals surface area (Å²) >= 11 is 0. The zero-order chi connectivity index (χ0) is 23.4. The van der Waals surface area contributed by atoms with Gasteiger partial charge in [0.1, 0.15) is 0 Å². The maximum absolute atomic E-state index is 12.8. The molecule has 0 fully saturated rings. The standard InChI is InChI=1S/C22H22N2O6S2/c1-24(16-17-6-4-3-5-7-17)32(28,29)21-14-10-19(11-15-21)23-31(26,27)20-12-8-18(9-13-20)22(25)30-2/h3-15,23H,16H2,1-2H3. The van der Waals surface area contributed by atoms with Crippen LogP contribution in [0, 0.1) is 0 Å². The van der Waals surface area contributed by atoms with Crippen molar-refractivity contribution in [1.82, 2.24) is 4.31 Å². The molecule has 3 aromatic rings. The molecule has 0 radical (unpaired) electrons. The number of anilines is 1. The molecule has 0 aliphatic heterocycles. The van der Waals surface area contributed by atoms with E-state index in [1.54, 1.807) is 0 Å². The quantitative estimate of drug-likeness (QED) is 0.503. The predicted octanol–water partition coefficient (Wildman–Crippen LogP) is 3.09. The Morgan fingerprint density at radius 1 is 0.844 bits per heavy atom. The van der Waals surface area contributed by atoms with Gasteiger partial charge in [0.05, 0.1) is 22.5 Å². The minimum Gasteiger partial charge on any atom is -0.465 e. The van der Waals surface area contributed by atoms with E-state index in [9.17, 15) is 21.6 Å². The van der Waals surface area contributed by atoms with Crippen molar-refractivity contribution in [2.24, 2.45) is 0 Å². The van der Waals surface area contributed by atoms with Crippen molar-refractivity contribution in [2.45, 2.75) is 16.3 Å². The van der Waals surface area contributed by atoms with E-state index in [1.807, 2.05) is 30.3 Å². The number of benzene rings is 3. The molecule has 0 atom stereocenters. The van der Waals surface area contributed by atoms with Gasteiger partial charge in [-0.3, -0.25) is 4.72 Å². The van der Waals surface area contributed by atoms with Crippen LogP contribution in [-0.2, 0) is 31.3 Å². The summed E-state index contributed by atoms with van der Waals surface area (Å²) in [6, 6.07) is 19.9. The first kappa shape index (κ1) is 23.5. The van der Waals surface area contributed by atoms with Gasteiger partial charge in [-0.05, 0) is 54.1 Å². The van der Waals surface area contributed by atoms with E-state index in [1.165, 1.54) is 67.0 Å². The number of hydrogen-bond acceptors (Lipinski definition) is 6. The number of sulfonamides is 2. The van der Waals surface area contributed by atoms with Gasteiger partial charge in [0.15, 0.2) is 0 Å². The van der Waals surface area contributed by atoms with Gasteiger partial charge in [0.25, 0.3) is 10.0 Å². The average Bonchev–Trinajstić information content (AvgIpc) is 2.79. The van der Waals surface area contributed by atoms with Crippen LogP contribution < -0.4 is 4.72 Å². The topological polar surface area (TPSA) is 110 Å². The highest BCUT2D eigenvalue weighted by molar-refractivity contribution is 7.92. The Labute approximate surface area is 187 Å². The second-order valence-electron chi connectivity index (χ2n) is 6.89. The molecule has 0 spiro atoms. The molecule has 3 rings (SSSR count). The Hall–Kier alpha value is -3.21. The number of nitrogens with one attached hydrogen (secondary N) is 1. The van der Waals surface area contributed by atoms with Crippen molar-refractivity contribution in [1.29, 1.82) is 0 Å². The highest BCUT2D eigenvalue weighted by Crippen LogP contribution is 2.21. The minimum atomic E-state index is -3.93. The molecule has 0 saturated carbocycles. The molecule has 10 heteroatoms. The van der Waals surface area contributed by atoms with Gasteiger partial charge >= 0.3 is 5.97 Å². The fourth-order valence-corrected chi connectivity index (χ4v) is 5.12. The molecule has 0 unspecified atom stereocenters. The summed E-state index contributed by atoms with van der Waals surface area (Å²) < 4.78 is 59.0. The third kappa shape index (κ3) is 5.34. The van der Waals surface area contributed by atoms with Crippen molar-refractivity contribution < 1.29 is 26.4 Å². The highest BCUT2D eigenvalue weighted by atomic mass is 32.2. The largest absolute Gasteiger partial charge is 0.465 e. The molecule has 0 heterocycles. The Morgan fingerprint density at radius 2 is 1.41 bits per heavy atom. The Bertz CT molecular complexity index is 1290. The first-order valence-corrected chi connectivity index (χ1v) is 12.4. The van der Waals surface area contributed by atoms with E-state index in [0.29, 0.717) is 0 Å². The number of nitrogens with zero attached hydrogens (tertiary/aromatic N) is 1. The Balaban J connectivity index is 1.74. The van der Waals surface area contributed by atoms with Crippen LogP contribution in [0.5, 0.6) is 0 Å². The van der Waals surface area contributed by atoms with Crippen LogP contribution in [0.15, 0.2) is 88.7 Å². The summed E-state index contributed by atoms with van der Waals surface area (Å²) in [5.74, 6) is -0.573. The van der Waals surface area contributed by atoms with Crippen molar-refractivity contribution in [3.63, 3.8) is 0 Å². The molecule has 0 amide bonds. The van der Waals surface area contributed by atoms with Crippen molar-refractivity contribution in [2.75, 3.05) is 18.9 Å². The summed E-state index contributed by atoms with van der Waals surface area (Å²) in [4.78, 5) is 11.5. The predicted molar refractivity (Wildman–Crippen MR) is 120 cm³/mol. The second kappa shape index (κ2) is 9.51. The molecule has 0 aliphatic rings. The summed E-state index contributed by atoms with van der Waals surface area (Å²) in [6.07, 6.45) is 0. The van der Waals surface area contributed by atoms with Gasteiger partial charge in [-0.1, -0.05) is 30.3 Å². The summed E-state index contributed by atoms with van der Waals surface area (Å²) in [7, 11) is -4.97. The van der Waals surface area contributed by atoms with E-state index >= 15 is 0 Å². The third-order valence-corrected chi connectivity index (χ3v) is 7.86. The number of carbonyl (C=O) groups is 1. The maximum atomic E-state index is 12.8. The number of rotatable bonds is 8. The molecule has 0 saturated heterocycles. The van der Waals surface area contributed by atoms with Crippen molar-refractivity contribution >= 4 is 31.7 Å². The van der Waals surface area contributed by atoms with Gasteiger partial charge in [-0.25, -0.2) is 21.6 Å². The van der Waals surface area contributed by atoms with Crippen LogP contribution in [0.4, 0.5) is 5.69 Å². The maximum Gasteiger partial charge on any atom is 0.337 e. The first-order chi connectivity index (χ1) is 15.1. The lowest BCUT2D eigenvalue weighted by Crippen LogP contribution is -2.26. The fourth-order valence-electron chi connectivity index (χ4n) is 2.90. The van der Waals surface area contributed by atoms with Crippen LogP contribution in [0.1, 0.15) is 15.9 Å². The fraction of sp³-hybridized carbons (Fsp3) is 0.136. The molecule has 8 nitrogen and oxygen atoms in total. The molecule has 0 bridgehead atoms.